The zero-order valence-corrected chi connectivity index (χ0v) is 10.9. The molecule has 0 spiro atoms. The van der Waals surface area contributed by atoms with Crippen molar-refractivity contribution in [2.24, 2.45) is 5.84 Å². The molecule has 2 aromatic rings. The van der Waals surface area contributed by atoms with Crippen LogP contribution in [0.4, 0.5) is 0 Å². The third kappa shape index (κ3) is 3.01. The van der Waals surface area contributed by atoms with Crippen molar-refractivity contribution >= 4 is 22.9 Å². The van der Waals surface area contributed by atoms with Gasteiger partial charge in [0.05, 0.1) is 16.1 Å². The van der Waals surface area contributed by atoms with Crippen LogP contribution in [0.5, 0.6) is 0 Å². The molecule has 0 aliphatic carbocycles. The van der Waals surface area contributed by atoms with Gasteiger partial charge in [-0.3, -0.25) is 16.3 Å². The van der Waals surface area contributed by atoms with E-state index in [0.717, 1.165) is 22.7 Å². The van der Waals surface area contributed by atoms with Crippen LogP contribution in [-0.2, 0) is 6.42 Å². The number of rotatable bonds is 4. The van der Waals surface area contributed by atoms with E-state index >= 15 is 0 Å². The highest BCUT2D eigenvalue weighted by Gasteiger charge is 2.15. The number of aromatic nitrogens is 2. The molecule has 0 bridgehead atoms. The zero-order chi connectivity index (χ0) is 12.3. The highest BCUT2D eigenvalue weighted by molar-refractivity contribution is 7.09. The fraction of sp³-hybridized carbons (Fsp3) is 0.273. The molecular formula is C11H13ClN4S. The van der Waals surface area contributed by atoms with Gasteiger partial charge in [-0.25, -0.2) is 4.98 Å². The van der Waals surface area contributed by atoms with Crippen LogP contribution in [0, 0.1) is 6.92 Å². The van der Waals surface area contributed by atoms with Crippen molar-refractivity contribution < 1.29 is 0 Å². The molecule has 3 N–H and O–H groups in total. The summed E-state index contributed by atoms with van der Waals surface area (Å²) in [7, 11) is 0. The van der Waals surface area contributed by atoms with Crippen LogP contribution < -0.4 is 11.3 Å². The van der Waals surface area contributed by atoms with E-state index in [9.17, 15) is 0 Å². The smallest absolute Gasteiger partial charge is 0.0947 e. The van der Waals surface area contributed by atoms with Gasteiger partial charge in [-0.2, -0.15) is 0 Å². The van der Waals surface area contributed by atoms with E-state index in [4.69, 9.17) is 17.4 Å². The quantitative estimate of drug-likeness (QED) is 0.659. The van der Waals surface area contributed by atoms with Crippen molar-refractivity contribution in [3.63, 3.8) is 0 Å². The first-order chi connectivity index (χ1) is 8.20. The predicted molar refractivity (Wildman–Crippen MR) is 69.9 cm³/mol. The summed E-state index contributed by atoms with van der Waals surface area (Å²) in [6, 6.07) is 1.82. The molecule has 0 fully saturated rings. The maximum atomic E-state index is 6.09. The Morgan fingerprint density at radius 2 is 2.41 bits per heavy atom. The van der Waals surface area contributed by atoms with Gasteiger partial charge in [0, 0.05) is 29.9 Å². The number of nitrogens with one attached hydrogen (secondary N) is 1. The maximum Gasteiger partial charge on any atom is 0.0947 e. The minimum absolute atomic E-state index is 0.0453. The van der Waals surface area contributed by atoms with Crippen LogP contribution in [-0.4, -0.2) is 9.97 Å². The number of aryl methyl sites for hydroxylation is 1. The monoisotopic (exact) mass is 268 g/mol. The average molecular weight is 269 g/mol. The van der Waals surface area contributed by atoms with Crippen molar-refractivity contribution in [1.29, 1.82) is 0 Å². The fourth-order valence-corrected chi connectivity index (χ4v) is 2.67. The first-order valence-electron chi connectivity index (χ1n) is 5.17. The van der Waals surface area contributed by atoms with E-state index in [0.29, 0.717) is 5.02 Å². The Kier molecular flexibility index (Phi) is 4.06. The van der Waals surface area contributed by atoms with Gasteiger partial charge >= 0.3 is 0 Å². The van der Waals surface area contributed by atoms with Crippen molar-refractivity contribution in [2.75, 3.05) is 0 Å². The number of hydrazine groups is 1. The predicted octanol–water partition coefficient (Wildman–Crippen LogP) is 2.25. The topological polar surface area (TPSA) is 63.8 Å². The Hall–Kier alpha value is -1.01. The molecule has 1 atom stereocenters. The third-order valence-corrected chi connectivity index (χ3v) is 3.73. The van der Waals surface area contributed by atoms with Crippen molar-refractivity contribution in [1.82, 2.24) is 15.4 Å². The summed E-state index contributed by atoms with van der Waals surface area (Å²) in [4.78, 5) is 8.38. The van der Waals surface area contributed by atoms with Crippen LogP contribution in [0.3, 0.4) is 0 Å². The lowest BCUT2D eigenvalue weighted by molar-refractivity contribution is 0.550. The molecule has 0 radical (unpaired) electrons. The second-order valence-corrected chi connectivity index (χ2v) is 5.05. The van der Waals surface area contributed by atoms with Gasteiger partial charge in [-0.1, -0.05) is 11.6 Å². The van der Waals surface area contributed by atoms with Crippen LogP contribution in [0.25, 0.3) is 0 Å². The van der Waals surface area contributed by atoms with Crippen LogP contribution in [0.2, 0.25) is 5.02 Å². The summed E-state index contributed by atoms with van der Waals surface area (Å²) in [6.45, 7) is 1.98. The molecule has 1 unspecified atom stereocenters. The number of hydrogen-bond acceptors (Lipinski definition) is 5. The van der Waals surface area contributed by atoms with Gasteiger partial charge in [0.25, 0.3) is 0 Å². The van der Waals surface area contributed by atoms with Crippen LogP contribution in [0.1, 0.15) is 22.3 Å². The van der Waals surface area contributed by atoms with Gasteiger partial charge in [0.15, 0.2) is 0 Å². The van der Waals surface area contributed by atoms with E-state index < -0.39 is 0 Å². The number of halogens is 1. The molecule has 2 aromatic heterocycles. The molecule has 0 saturated heterocycles. The normalized spacial score (nSPS) is 12.6. The second kappa shape index (κ2) is 5.55. The second-order valence-electron chi connectivity index (χ2n) is 3.70. The first-order valence-corrected chi connectivity index (χ1v) is 6.43. The Labute approximate surface area is 109 Å². The Balaban J connectivity index is 2.20. The number of pyridine rings is 1. The summed E-state index contributed by atoms with van der Waals surface area (Å²) in [5.74, 6) is 5.58. The molecule has 0 amide bonds. The first kappa shape index (κ1) is 12.4. The summed E-state index contributed by atoms with van der Waals surface area (Å²) in [5.41, 5.74) is 4.74. The molecule has 90 valence electrons. The standard InChI is InChI=1S/C11H13ClN4S/c1-7-6-17-11(15-7)4-10(16-13)8-2-3-14-5-9(8)12/h2-3,5-6,10,16H,4,13H2,1H3. The van der Waals surface area contributed by atoms with Crippen molar-refractivity contribution in [3.05, 3.63) is 45.1 Å². The SMILES string of the molecule is Cc1csc(CC(NN)c2ccncc2Cl)n1. The van der Waals surface area contributed by atoms with Gasteiger partial charge < -0.3 is 0 Å². The highest BCUT2D eigenvalue weighted by atomic mass is 35.5. The van der Waals surface area contributed by atoms with Crippen LogP contribution >= 0.6 is 22.9 Å². The molecular weight excluding hydrogens is 256 g/mol. The Morgan fingerprint density at radius 1 is 1.59 bits per heavy atom. The molecule has 0 aromatic carbocycles. The summed E-state index contributed by atoms with van der Waals surface area (Å²) in [6.07, 6.45) is 4.05. The van der Waals surface area contributed by atoms with E-state index in [1.54, 1.807) is 23.7 Å². The largest absolute Gasteiger partial charge is 0.271 e. The van der Waals surface area contributed by atoms with Gasteiger partial charge in [0.1, 0.15) is 0 Å². The van der Waals surface area contributed by atoms with Crippen molar-refractivity contribution in [2.45, 2.75) is 19.4 Å². The number of thiazole rings is 1. The lowest BCUT2D eigenvalue weighted by Gasteiger charge is -2.15. The molecule has 2 heterocycles. The molecule has 6 heteroatoms. The maximum absolute atomic E-state index is 6.09. The van der Waals surface area contributed by atoms with E-state index in [1.807, 2.05) is 18.4 Å². The molecule has 4 nitrogen and oxygen atoms in total. The Morgan fingerprint density at radius 3 is 3.00 bits per heavy atom. The summed E-state index contributed by atoms with van der Waals surface area (Å²) >= 11 is 7.72. The Bertz CT molecular complexity index is 500. The summed E-state index contributed by atoms with van der Waals surface area (Å²) in [5, 5.41) is 3.68. The molecule has 2 rings (SSSR count). The van der Waals surface area contributed by atoms with Crippen LogP contribution in [0.15, 0.2) is 23.8 Å². The van der Waals surface area contributed by atoms with Gasteiger partial charge in [0.2, 0.25) is 0 Å². The van der Waals surface area contributed by atoms with Gasteiger partial charge in [-0.05, 0) is 18.6 Å². The van der Waals surface area contributed by atoms with Gasteiger partial charge in [-0.15, -0.1) is 11.3 Å². The van der Waals surface area contributed by atoms with E-state index in [-0.39, 0.29) is 6.04 Å². The average Bonchev–Trinajstić information content (AvgIpc) is 2.73. The van der Waals surface area contributed by atoms with E-state index in [1.165, 1.54) is 0 Å². The zero-order valence-electron chi connectivity index (χ0n) is 9.35. The summed E-state index contributed by atoms with van der Waals surface area (Å²) < 4.78 is 0. The lowest BCUT2D eigenvalue weighted by atomic mass is 10.1. The lowest BCUT2D eigenvalue weighted by Crippen LogP contribution is -2.29. The third-order valence-electron chi connectivity index (χ3n) is 2.43. The molecule has 17 heavy (non-hydrogen) atoms. The molecule has 0 aliphatic rings. The molecule has 0 saturated carbocycles. The molecule has 0 aliphatic heterocycles. The minimum Gasteiger partial charge on any atom is -0.271 e. The highest BCUT2D eigenvalue weighted by Crippen LogP contribution is 2.25. The number of hydrogen-bond donors (Lipinski definition) is 2. The number of nitrogens with two attached hydrogens (primary N) is 1. The van der Waals surface area contributed by atoms with Crippen molar-refractivity contribution in [3.8, 4) is 0 Å². The number of nitrogens with zero attached hydrogens (tertiary/aromatic N) is 2. The fourth-order valence-electron chi connectivity index (χ4n) is 1.60. The van der Waals surface area contributed by atoms with E-state index in [2.05, 4.69) is 15.4 Å². The minimum atomic E-state index is -0.0453.